The first-order valence-corrected chi connectivity index (χ1v) is 9.66. The summed E-state index contributed by atoms with van der Waals surface area (Å²) in [7, 11) is 0. The van der Waals surface area contributed by atoms with Crippen LogP contribution in [-0.4, -0.2) is 39.8 Å². The highest BCUT2D eigenvalue weighted by molar-refractivity contribution is 8.02. The number of aromatic nitrogens is 2. The van der Waals surface area contributed by atoms with E-state index in [4.69, 9.17) is 4.74 Å². The lowest BCUT2D eigenvalue weighted by molar-refractivity contribution is -0.118. The summed E-state index contributed by atoms with van der Waals surface area (Å²) in [5.41, 5.74) is 1.07. The lowest BCUT2D eigenvalue weighted by Gasteiger charge is -2.18. The zero-order valence-corrected chi connectivity index (χ0v) is 15.1. The molecule has 2 aromatic rings. The number of benzene rings is 1. The Morgan fingerprint density at radius 1 is 1.44 bits per heavy atom. The molecule has 2 aliphatic rings. The highest BCUT2D eigenvalue weighted by Gasteiger charge is 2.24. The third-order valence-electron chi connectivity index (χ3n) is 3.86. The molecular weight excluding hydrogens is 360 g/mol. The summed E-state index contributed by atoms with van der Waals surface area (Å²) in [6.07, 6.45) is 2.35. The molecule has 1 aliphatic carbocycles. The number of nitrogens with one attached hydrogen (secondary N) is 2. The number of Topliss-reactive ketones (excluding diaryl/α,β-unsaturated/α-hetero) is 1. The molecule has 130 valence electrons. The maximum atomic E-state index is 12.7. The molecule has 1 amide bonds. The van der Waals surface area contributed by atoms with Gasteiger partial charge in [0.25, 0.3) is 5.91 Å². The Labute approximate surface area is 152 Å². The Morgan fingerprint density at radius 2 is 2.28 bits per heavy atom. The molecule has 0 bridgehead atoms. The van der Waals surface area contributed by atoms with Crippen LogP contribution in [0.5, 0.6) is 5.75 Å². The molecule has 2 heterocycles. The van der Waals surface area contributed by atoms with E-state index in [2.05, 4.69) is 20.8 Å². The van der Waals surface area contributed by atoms with Crippen LogP contribution in [0, 0.1) is 0 Å². The van der Waals surface area contributed by atoms with Gasteiger partial charge < -0.3 is 15.4 Å². The second-order valence-electron chi connectivity index (χ2n) is 5.96. The molecule has 1 aromatic heterocycles. The summed E-state index contributed by atoms with van der Waals surface area (Å²) in [5.74, 6) is 0.333. The molecule has 0 saturated heterocycles. The number of amides is 1. The van der Waals surface area contributed by atoms with Crippen molar-refractivity contribution in [1.29, 1.82) is 0 Å². The quantitative estimate of drug-likeness (QED) is 0.591. The number of nitrogens with zero attached hydrogens (tertiary/aromatic N) is 2. The van der Waals surface area contributed by atoms with Gasteiger partial charge in [-0.2, -0.15) is 0 Å². The zero-order valence-electron chi connectivity index (χ0n) is 13.4. The van der Waals surface area contributed by atoms with E-state index in [0.717, 1.165) is 9.47 Å². The van der Waals surface area contributed by atoms with Crippen molar-refractivity contribution in [3.8, 4) is 5.75 Å². The number of anilines is 2. The molecule has 0 spiro atoms. The van der Waals surface area contributed by atoms with Gasteiger partial charge in [-0.3, -0.25) is 9.59 Å². The second kappa shape index (κ2) is 6.64. The maximum Gasteiger partial charge on any atom is 0.262 e. The van der Waals surface area contributed by atoms with Crippen LogP contribution in [0.2, 0.25) is 0 Å². The maximum absolute atomic E-state index is 12.7. The molecule has 2 N–H and O–H groups in total. The van der Waals surface area contributed by atoms with Crippen molar-refractivity contribution in [2.75, 3.05) is 17.2 Å². The lowest BCUT2D eigenvalue weighted by atomic mass is 10.1. The van der Waals surface area contributed by atoms with Crippen LogP contribution >= 0.6 is 23.1 Å². The molecule has 1 aromatic carbocycles. The number of carbonyl (C=O) groups is 2. The smallest absolute Gasteiger partial charge is 0.262 e. The summed E-state index contributed by atoms with van der Waals surface area (Å²) in [6.45, 7) is 1.84. The van der Waals surface area contributed by atoms with Gasteiger partial charge in [0.05, 0.1) is 10.9 Å². The van der Waals surface area contributed by atoms with Gasteiger partial charge in [0.15, 0.2) is 16.7 Å². The molecular formula is C16H16N4O3S2. The molecule has 4 rings (SSSR count). The standard InChI is InChI=1S/C16H16N4O3S2/c1-8(24-16-20-19-15(25-16)17-10-3-4-10)14(22)9-2-5-12-11(6-9)18-13(21)7-23-12/h2,5-6,8,10H,3-4,7H2,1H3,(H,17,19)(H,18,21). The van der Waals surface area contributed by atoms with Crippen molar-refractivity contribution >= 4 is 45.6 Å². The van der Waals surface area contributed by atoms with Gasteiger partial charge in [0.1, 0.15) is 5.75 Å². The first kappa shape index (κ1) is 16.3. The summed E-state index contributed by atoms with van der Waals surface area (Å²) in [4.78, 5) is 24.1. The van der Waals surface area contributed by atoms with E-state index in [9.17, 15) is 9.59 Å². The van der Waals surface area contributed by atoms with Crippen molar-refractivity contribution in [2.45, 2.75) is 35.4 Å². The van der Waals surface area contributed by atoms with Crippen molar-refractivity contribution in [2.24, 2.45) is 0 Å². The number of fused-ring (bicyclic) bond motifs is 1. The van der Waals surface area contributed by atoms with E-state index in [-0.39, 0.29) is 23.5 Å². The molecule has 9 heteroatoms. The molecule has 25 heavy (non-hydrogen) atoms. The van der Waals surface area contributed by atoms with E-state index < -0.39 is 0 Å². The highest BCUT2D eigenvalue weighted by atomic mass is 32.2. The Hall–Kier alpha value is -2.13. The number of rotatable bonds is 6. The minimum Gasteiger partial charge on any atom is -0.482 e. The monoisotopic (exact) mass is 376 g/mol. The highest BCUT2D eigenvalue weighted by Crippen LogP contribution is 2.34. The third-order valence-corrected chi connectivity index (χ3v) is 5.89. The van der Waals surface area contributed by atoms with Gasteiger partial charge in [-0.1, -0.05) is 23.1 Å². The van der Waals surface area contributed by atoms with Crippen LogP contribution in [0.15, 0.2) is 22.5 Å². The number of carbonyl (C=O) groups excluding carboxylic acids is 2. The first-order valence-electron chi connectivity index (χ1n) is 7.96. The fourth-order valence-corrected chi connectivity index (χ4v) is 4.44. The van der Waals surface area contributed by atoms with Gasteiger partial charge in [0.2, 0.25) is 5.13 Å². The molecule has 1 fully saturated rings. The molecule has 7 nitrogen and oxygen atoms in total. The fourth-order valence-electron chi connectivity index (χ4n) is 2.39. The van der Waals surface area contributed by atoms with Gasteiger partial charge in [0, 0.05) is 11.6 Å². The van der Waals surface area contributed by atoms with Gasteiger partial charge >= 0.3 is 0 Å². The number of ketones is 1. The largest absolute Gasteiger partial charge is 0.482 e. The summed E-state index contributed by atoms with van der Waals surface area (Å²) in [5, 5.41) is 14.8. The van der Waals surface area contributed by atoms with Crippen molar-refractivity contribution in [1.82, 2.24) is 10.2 Å². The van der Waals surface area contributed by atoms with E-state index >= 15 is 0 Å². The van der Waals surface area contributed by atoms with Gasteiger partial charge in [-0.05, 0) is 38.0 Å². The SMILES string of the molecule is CC(Sc1nnc(NC2CC2)s1)C(=O)c1ccc2c(c1)NC(=O)CO2. The number of hydrogen-bond donors (Lipinski definition) is 2. The van der Waals surface area contributed by atoms with E-state index in [1.807, 2.05) is 6.92 Å². The number of thioether (sulfide) groups is 1. The van der Waals surface area contributed by atoms with E-state index in [1.54, 1.807) is 18.2 Å². The Morgan fingerprint density at radius 3 is 3.08 bits per heavy atom. The predicted molar refractivity (Wildman–Crippen MR) is 96.8 cm³/mol. The molecule has 1 atom stereocenters. The normalized spacial score (nSPS) is 17.2. The summed E-state index contributed by atoms with van der Waals surface area (Å²) in [6, 6.07) is 5.61. The minimum absolute atomic E-state index is 0.000814. The Bertz CT molecular complexity index is 835. The fraction of sp³-hybridized carbons (Fsp3) is 0.375. The lowest BCUT2D eigenvalue weighted by Crippen LogP contribution is -2.25. The molecule has 1 aliphatic heterocycles. The van der Waals surface area contributed by atoms with Gasteiger partial charge in [-0.15, -0.1) is 10.2 Å². The Kier molecular flexibility index (Phi) is 4.34. The predicted octanol–water partition coefficient (Wildman–Crippen LogP) is 2.81. The third kappa shape index (κ3) is 3.77. The summed E-state index contributed by atoms with van der Waals surface area (Å²) < 4.78 is 6.08. The minimum atomic E-state index is -0.306. The topological polar surface area (TPSA) is 93.2 Å². The van der Waals surface area contributed by atoms with Crippen molar-refractivity contribution in [3.05, 3.63) is 23.8 Å². The van der Waals surface area contributed by atoms with E-state index in [1.165, 1.54) is 35.9 Å². The molecule has 1 unspecified atom stereocenters. The molecule has 0 radical (unpaired) electrons. The summed E-state index contributed by atoms with van der Waals surface area (Å²) >= 11 is 2.86. The van der Waals surface area contributed by atoms with Gasteiger partial charge in [-0.25, -0.2) is 0 Å². The van der Waals surface area contributed by atoms with Crippen LogP contribution < -0.4 is 15.4 Å². The van der Waals surface area contributed by atoms with Crippen LogP contribution in [0.25, 0.3) is 0 Å². The Balaban J connectivity index is 1.43. The average Bonchev–Trinajstić information content (AvgIpc) is 3.31. The zero-order chi connectivity index (χ0) is 17.4. The number of ether oxygens (including phenoxy) is 1. The average molecular weight is 376 g/mol. The number of hydrogen-bond acceptors (Lipinski definition) is 8. The van der Waals surface area contributed by atoms with Crippen LogP contribution in [0.3, 0.4) is 0 Å². The van der Waals surface area contributed by atoms with Crippen molar-refractivity contribution < 1.29 is 14.3 Å². The molecule has 1 saturated carbocycles. The second-order valence-corrected chi connectivity index (χ2v) is 8.53. The van der Waals surface area contributed by atoms with Crippen LogP contribution in [0.4, 0.5) is 10.8 Å². The van der Waals surface area contributed by atoms with Crippen LogP contribution in [0.1, 0.15) is 30.1 Å². The first-order chi connectivity index (χ1) is 12.1. The van der Waals surface area contributed by atoms with Crippen LogP contribution in [-0.2, 0) is 4.79 Å². The van der Waals surface area contributed by atoms with Crippen molar-refractivity contribution in [3.63, 3.8) is 0 Å². The van der Waals surface area contributed by atoms with E-state index in [0.29, 0.717) is 23.0 Å².